The lowest BCUT2D eigenvalue weighted by Gasteiger charge is -2.30. The van der Waals surface area contributed by atoms with E-state index in [-0.39, 0.29) is 11.8 Å². The van der Waals surface area contributed by atoms with Crippen molar-refractivity contribution in [3.05, 3.63) is 0 Å². The Morgan fingerprint density at radius 2 is 2.00 bits per heavy atom. The molecular formula is C13H22N2O3S. The van der Waals surface area contributed by atoms with E-state index in [2.05, 4.69) is 5.32 Å². The third-order valence-corrected chi connectivity index (χ3v) is 5.27. The number of thioether (sulfide) groups is 1. The Bertz CT molecular complexity index is 324. The van der Waals surface area contributed by atoms with E-state index >= 15 is 0 Å². The van der Waals surface area contributed by atoms with Crippen LogP contribution in [-0.4, -0.2) is 59.1 Å². The van der Waals surface area contributed by atoms with Crippen molar-refractivity contribution in [2.45, 2.75) is 30.9 Å². The van der Waals surface area contributed by atoms with Gasteiger partial charge < -0.3 is 15.3 Å². The molecule has 0 saturated carbocycles. The molecule has 0 aromatic carbocycles. The van der Waals surface area contributed by atoms with Crippen LogP contribution in [0.2, 0.25) is 0 Å². The van der Waals surface area contributed by atoms with E-state index in [1.54, 1.807) is 4.90 Å². The van der Waals surface area contributed by atoms with Gasteiger partial charge >= 0.3 is 5.97 Å². The Labute approximate surface area is 118 Å². The van der Waals surface area contributed by atoms with E-state index in [1.807, 2.05) is 11.8 Å². The van der Waals surface area contributed by atoms with Crippen LogP contribution in [0.15, 0.2) is 0 Å². The fraction of sp³-hybridized carbons (Fsp3) is 0.846. The van der Waals surface area contributed by atoms with E-state index < -0.39 is 5.97 Å². The van der Waals surface area contributed by atoms with Crippen LogP contribution < -0.4 is 5.32 Å². The van der Waals surface area contributed by atoms with E-state index in [1.165, 1.54) is 18.6 Å². The van der Waals surface area contributed by atoms with Crippen LogP contribution in [-0.2, 0) is 9.59 Å². The molecule has 2 fully saturated rings. The third kappa shape index (κ3) is 4.38. The molecule has 1 unspecified atom stereocenters. The molecule has 6 heteroatoms. The van der Waals surface area contributed by atoms with E-state index in [4.69, 9.17) is 5.11 Å². The number of carbonyl (C=O) groups excluding carboxylic acids is 1. The van der Waals surface area contributed by atoms with Crippen LogP contribution >= 0.6 is 11.8 Å². The molecule has 108 valence electrons. The zero-order chi connectivity index (χ0) is 13.7. The number of carboxylic acid groups (broad SMARTS) is 1. The molecule has 2 N–H and O–H groups in total. The number of nitrogens with one attached hydrogen (secondary N) is 1. The first kappa shape index (κ1) is 14.7. The summed E-state index contributed by atoms with van der Waals surface area (Å²) >= 11 is 1.98. The maximum Gasteiger partial charge on any atom is 0.306 e. The number of hydrogen-bond acceptors (Lipinski definition) is 4. The zero-order valence-corrected chi connectivity index (χ0v) is 12.0. The van der Waals surface area contributed by atoms with Crippen molar-refractivity contribution < 1.29 is 14.7 Å². The van der Waals surface area contributed by atoms with Crippen molar-refractivity contribution in [3.63, 3.8) is 0 Å². The highest BCUT2D eigenvalue weighted by Crippen LogP contribution is 2.25. The molecule has 19 heavy (non-hydrogen) atoms. The summed E-state index contributed by atoms with van der Waals surface area (Å²) in [6.45, 7) is 2.45. The second-order valence-corrected chi connectivity index (χ2v) is 6.67. The standard InChI is InChI=1S/C13H22N2O3S/c16-12(9-14-8-11-2-1-7-19-11)15-5-3-10(4-6-15)13(17)18/h10-11,14H,1-9H2,(H,17,18). The number of carbonyl (C=O) groups is 2. The summed E-state index contributed by atoms with van der Waals surface area (Å²) in [5.41, 5.74) is 0. The van der Waals surface area contributed by atoms with Crippen LogP contribution in [0.5, 0.6) is 0 Å². The summed E-state index contributed by atoms with van der Waals surface area (Å²) in [5.74, 6) is 0.338. The summed E-state index contributed by atoms with van der Waals surface area (Å²) in [7, 11) is 0. The van der Waals surface area contributed by atoms with Gasteiger partial charge in [0.15, 0.2) is 0 Å². The molecule has 0 bridgehead atoms. The summed E-state index contributed by atoms with van der Waals surface area (Å²) in [6.07, 6.45) is 3.70. The SMILES string of the molecule is O=C(O)C1CCN(C(=O)CNCC2CCCS2)CC1. The molecule has 1 atom stereocenters. The quantitative estimate of drug-likeness (QED) is 0.782. The van der Waals surface area contributed by atoms with Crippen LogP contribution in [0.25, 0.3) is 0 Å². The fourth-order valence-electron chi connectivity index (χ4n) is 2.63. The summed E-state index contributed by atoms with van der Waals surface area (Å²) < 4.78 is 0. The molecule has 0 aromatic heterocycles. The van der Waals surface area contributed by atoms with Crippen molar-refractivity contribution in [2.24, 2.45) is 5.92 Å². The Balaban J connectivity index is 1.62. The van der Waals surface area contributed by atoms with Crippen molar-refractivity contribution >= 4 is 23.6 Å². The highest BCUT2D eigenvalue weighted by molar-refractivity contribution is 8.00. The maximum absolute atomic E-state index is 12.0. The molecule has 2 aliphatic rings. The summed E-state index contributed by atoms with van der Waals surface area (Å²) in [6, 6.07) is 0. The van der Waals surface area contributed by atoms with E-state index in [9.17, 15) is 9.59 Å². The monoisotopic (exact) mass is 286 g/mol. The molecule has 2 aliphatic heterocycles. The lowest BCUT2D eigenvalue weighted by Crippen LogP contribution is -2.44. The lowest BCUT2D eigenvalue weighted by molar-refractivity contribution is -0.145. The van der Waals surface area contributed by atoms with Gasteiger partial charge in [0.2, 0.25) is 5.91 Å². The van der Waals surface area contributed by atoms with Gasteiger partial charge in [0, 0.05) is 24.9 Å². The largest absolute Gasteiger partial charge is 0.481 e. The number of amides is 1. The van der Waals surface area contributed by atoms with Gasteiger partial charge in [0.05, 0.1) is 12.5 Å². The molecular weight excluding hydrogens is 264 g/mol. The number of aliphatic carboxylic acids is 1. The molecule has 2 heterocycles. The molecule has 0 aliphatic carbocycles. The minimum Gasteiger partial charge on any atom is -0.481 e. The second-order valence-electron chi connectivity index (χ2n) is 5.26. The molecule has 2 rings (SSSR count). The first-order chi connectivity index (χ1) is 9.16. The normalized spacial score (nSPS) is 24.6. The smallest absolute Gasteiger partial charge is 0.306 e. The van der Waals surface area contributed by atoms with Gasteiger partial charge in [-0.1, -0.05) is 0 Å². The van der Waals surface area contributed by atoms with Crippen molar-refractivity contribution in [2.75, 3.05) is 31.9 Å². The maximum atomic E-state index is 12.0. The Hall–Kier alpha value is -0.750. The van der Waals surface area contributed by atoms with Gasteiger partial charge in [-0.05, 0) is 31.4 Å². The van der Waals surface area contributed by atoms with Crippen molar-refractivity contribution in [3.8, 4) is 0 Å². The molecule has 2 saturated heterocycles. The topological polar surface area (TPSA) is 69.6 Å². The Kier molecular flexibility index (Phi) is 5.51. The number of nitrogens with zero attached hydrogens (tertiary/aromatic N) is 1. The zero-order valence-electron chi connectivity index (χ0n) is 11.1. The van der Waals surface area contributed by atoms with Crippen molar-refractivity contribution in [1.82, 2.24) is 10.2 Å². The van der Waals surface area contributed by atoms with Gasteiger partial charge in [-0.15, -0.1) is 0 Å². The number of hydrogen-bond donors (Lipinski definition) is 2. The average Bonchev–Trinajstić information content (AvgIpc) is 2.92. The van der Waals surface area contributed by atoms with Crippen LogP contribution in [0.4, 0.5) is 0 Å². The predicted octanol–water partition coefficient (Wildman–Crippen LogP) is 0.795. The fourth-order valence-corrected chi connectivity index (χ4v) is 3.87. The highest BCUT2D eigenvalue weighted by atomic mass is 32.2. The van der Waals surface area contributed by atoms with Crippen LogP contribution in [0.1, 0.15) is 25.7 Å². The first-order valence-corrected chi connectivity index (χ1v) is 8.04. The Morgan fingerprint density at radius 3 is 2.58 bits per heavy atom. The summed E-state index contributed by atoms with van der Waals surface area (Å²) in [5, 5.41) is 12.8. The molecule has 0 radical (unpaired) electrons. The Morgan fingerprint density at radius 1 is 1.26 bits per heavy atom. The number of rotatable bonds is 5. The van der Waals surface area contributed by atoms with Crippen molar-refractivity contribution in [1.29, 1.82) is 0 Å². The van der Waals surface area contributed by atoms with Crippen LogP contribution in [0, 0.1) is 5.92 Å². The molecule has 1 amide bonds. The third-order valence-electron chi connectivity index (χ3n) is 3.87. The van der Waals surface area contributed by atoms with E-state index in [0.29, 0.717) is 37.7 Å². The minimum atomic E-state index is -0.733. The van der Waals surface area contributed by atoms with Gasteiger partial charge in [0.1, 0.15) is 0 Å². The lowest BCUT2D eigenvalue weighted by atomic mass is 9.97. The van der Waals surface area contributed by atoms with Gasteiger partial charge in [-0.25, -0.2) is 0 Å². The van der Waals surface area contributed by atoms with Gasteiger partial charge in [-0.3, -0.25) is 9.59 Å². The van der Waals surface area contributed by atoms with Gasteiger partial charge in [0.25, 0.3) is 0 Å². The molecule has 0 aromatic rings. The molecule has 5 nitrogen and oxygen atoms in total. The summed E-state index contributed by atoms with van der Waals surface area (Å²) in [4.78, 5) is 24.6. The highest BCUT2D eigenvalue weighted by Gasteiger charge is 2.26. The van der Waals surface area contributed by atoms with E-state index in [0.717, 1.165) is 6.54 Å². The molecule has 0 spiro atoms. The number of piperidine rings is 1. The second kappa shape index (κ2) is 7.14. The average molecular weight is 286 g/mol. The number of carboxylic acids is 1. The first-order valence-electron chi connectivity index (χ1n) is 6.99. The number of likely N-dealkylation sites (tertiary alicyclic amines) is 1. The minimum absolute atomic E-state index is 0.104. The van der Waals surface area contributed by atoms with Crippen LogP contribution in [0.3, 0.4) is 0 Å². The van der Waals surface area contributed by atoms with Gasteiger partial charge in [-0.2, -0.15) is 11.8 Å². The predicted molar refractivity (Wildman–Crippen MR) is 75.3 cm³/mol.